The van der Waals surface area contributed by atoms with Gasteiger partial charge in [0, 0.05) is 19.3 Å². The van der Waals surface area contributed by atoms with Crippen LogP contribution in [0, 0.1) is 0 Å². The molecule has 0 aliphatic carbocycles. The lowest BCUT2D eigenvalue weighted by Gasteiger charge is -2.17. The fourth-order valence-electron chi connectivity index (χ4n) is 3.56. The van der Waals surface area contributed by atoms with Gasteiger partial charge in [0.1, 0.15) is 11.8 Å². The number of amides is 1. The van der Waals surface area contributed by atoms with Gasteiger partial charge in [-0.2, -0.15) is 0 Å². The summed E-state index contributed by atoms with van der Waals surface area (Å²) in [5.41, 5.74) is 2.20. The van der Waals surface area contributed by atoms with Crippen LogP contribution in [0.15, 0.2) is 64.2 Å². The Morgan fingerprint density at radius 1 is 1.19 bits per heavy atom. The van der Waals surface area contributed by atoms with Crippen molar-refractivity contribution < 1.29 is 13.6 Å². The third-order valence-electron chi connectivity index (χ3n) is 4.77. The average molecular weight is 348 g/mol. The van der Waals surface area contributed by atoms with Crippen LogP contribution in [0.2, 0.25) is 0 Å². The zero-order valence-electron chi connectivity index (χ0n) is 13.9. The summed E-state index contributed by atoms with van der Waals surface area (Å²) in [6, 6.07) is 9.32. The molecule has 1 aliphatic rings. The summed E-state index contributed by atoms with van der Waals surface area (Å²) in [5.74, 6) is 1.42. The first-order valence-electron chi connectivity index (χ1n) is 8.49. The Kier molecular flexibility index (Phi) is 3.38. The molecule has 1 saturated heterocycles. The summed E-state index contributed by atoms with van der Waals surface area (Å²) < 4.78 is 12.7. The van der Waals surface area contributed by atoms with E-state index in [1.807, 2.05) is 29.2 Å². The number of nitrogens with zero attached hydrogens (tertiary/aromatic N) is 4. The summed E-state index contributed by atoms with van der Waals surface area (Å²) in [5, 5.41) is 0. The Morgan fingerprint density at radius 3 is 2.96 bits per heavy atom. The summed E-state index contributed by atoms with van der Waals surface area (Å²) >= 11 is 0. The number of hydrogen-bond acceptors (Lipinski definition) is 5. The first-order chi connectivity index (χ1) is 12.8. The molecule has 4 aromatic heterocycles. The van der Waals surface area contributed by atoms with Crippen molar-refractivity contribution in [1.29, 1.82) is 0 Å². The van der Waals surface area contributed by atoms with Gasteiger partial charge in [0.15, 0.2) is 17.2 Å². The lowest BCUT2D eigenvalue weighted by atomic mass is 10.2. The van der Waals surface area contributed by atoms with E-state index < -0.39 is 0 Å². The highest BCUT2D eigenvalue weighted by Gasteiger charge is 2.32. The van der Waals surface area contributed by atoms with Crippen LogP contribution >= 0.6 is 0 Å². The van der Waals surface area contributed by atoms with E-state index >= 15 is 0 Å². The second-order valence-corrected chi connectivity index (χ2v) is 6.33. The molecule has 26 heavy (non-hydrogen) atoms. The molecule has 1 unspecified atom stereocenters. The molecule has 0 radical (unpaired) electrons. The van der Waals surface area contributed by atoms with Crippen LogP contribution in [0.3, 0.4) is 0 Å². The number of hydrogen-bond donors (Lipinski definition) is 0. The van der Waals surface area contributed by atoms with Crippen molar-refractivity contribution in [2.75, 3.05) is 13.1 Å². The van der Waals surface area contributed by atoms with Gasteiger partial charge in [0.2, 0.25) is 0 Å². The number of carbonyl (C=O) groups excluding carboxylic acids is 1. The molecule has 1 atom stereocenters. The molecular formula is C19H16N4O3. The van der Waals surface area contributed by atoms with Gasteiger partial charge in [0.05, 0.1) is 24.1 Å². The molecule has 5 heterocycles. The van der Waals surface area contributed by atoms with Gasteiger partial charge in [-0.3, -0.25) is 4.79 Å². The van der Waals surface area contributed by atoms with E-state index in [0.29, 0.717) is 24.4 Å². The molecule has 0 bridgehead atoms. The molecule has 7 heteroatoms. The topological polar surface area (TPSA) is 77.3 Å². The second-order valence-electron chi connectivity index (χ2n) is 6.33. The molecule has 0 saturated carbocycles. The Bertz CT molecular complexity index is 1050. The van der Waals surface area contributed by atoms with Gasteiger partial charge >= 0.3 is 0 Å². The first-order valence-corrected chi connectivity index (χ1v) is 8.49. The monoisotopic (exact) mass is 348 g/mol. The second kappa shape index (κ2) is 5.87. The van der Waals surface area contributed by atoms with Crippen molar-refractivity contribution in [1.82, 2.24) is 19.4 Å². The Balaban J connectivity index is 1.53. The van der Waals surface area contributed by atoms with Crippen LogP contribution in [-0.4, -0.2) is 38.4 Å². The lowest BCUT2D eigenvalue weighted by molar-refractivity contribution is 0.0787. The molecule has 1 fully saturated rings. The number of aromatic nitrogens is 3. The molecule has 7 nitrogen and oxygen atoms in total. The zero-order chi connectivity index (χ0) is 17.5. The molecule has 0 spiro atoms. The van der Waals surface area contributed by atoms with E-state index in [1.54, 1.807) is 18.5 Å². The predicted molar refractivity (Wildman–Crippen MR) is 93.5 cm³/mol. The number of imidazole rings is 1. The number of rotatable bonds is 3. The number of pyridine rings is 1. The summed E-state index contributed by atoms with van der Waals surface area (Å²) in [4.78, 5) is 23.7. The molecule has 0 aromatic carbocycles. The highest BCUT2D eigenvalue weighted by Crippen LogP contribution is 2.32. The summed E-state index contributed by atoms with van der Waals surface area (Å²) in [7, 11) is 0. The van der Waals surface area contributed by atoms with Crippen LogP contribution in [0.1, 0.15) is 22.8 Å². The predicted octanol–water partition coefficient (Wildman–Crippen LogP) is 3.37. The Labute approximate surface area is 148 Å². The molecule has 1 aliphatic heterocycles. The SMILES string of the molecule is O=C(c1ccoc1)N1CCC(n2c(-c3ccco3)nc3cccnc32)C1. The van der Waals surface area contributed by atoms with Crippen LogP contribution in [0.4, 0.5) is 0 Å². The van der Waals surface area contributed by atoms with Gasteiger partial charge in [-0.15, -0.1) is 0 Å². The third kappa shape index (κ3) is 2.32. The zero-order valence-corrected chi connectivity index (χ0v) is 13.9. The smallest absolute Gasteiger partial charge is 0.257 e. The quantitative estimate of drug-likeness (QED) is 0.567. The molecule has 4 aromatic rings. The van der Waals surface area contributed by atoms with Crippen LogP contribution < -0.4 is 0 Å². The minimum absolute atomic E-state index is 0.0156. The lowest BCUT2D eigenvalue weighted by Crippen LogP contribution is -2.28. The van der Waals surface area contributed by atoms with Crippen molar-refractivity contribution in [3.05, 3.63) is 60.9 Å². The normalized spacial score (nSPS) is 17.2. The van der Waals surface area contributed by atoms with Crippen molar-refractivity contribution in [2.45, 2.75) is 12.5 Å². The highest BCUT2D eigenvalue weighted by atomic mass is 16.3. The van der Waals surface area contributed by atoms with E-state index in [1.165, 1.54) is 12.5 Å². The molecule has 130 valence electrons. The van der Waals surface area contributed by atoms with Crippen LogP contribution in [0.5, 0.6) is 0 Å². The van der Waals surface area contributed by atoms with E-state index in [9.17, 15) is 4.79 Å². The van der Waals surface area contributed by atoms with E-state index in [4.69, 9.17) is 13.8 Å². The van der Waals surface area contributed by atoms with Crippen LogP contribution in [0.25, 0.3) is 22.7 Å². The minimum atomic E-state index is -0.0156. The third-order valence-corrected chi connectivity index (χ3v) is 4.77. The van der Waals surface area contributed by atoms with Crippen molar-refractivity contribution in [3.8, 4) is 11.6 Å². The molecule has 1 amide bonds. The maximum Gasteiger partial charge on any atom is 0.257 e. The van der Waals surface area contributed by atoms with Crippen molar-refractivity contribution in [2.24, 2.45) is 0 Å². The Morgan fingerprint density at radius 2 is 2.15 bits per heavy atom. The minimum Gasteiger partial charge on any atom is -0.472 e. The maximum absolute atomic E-state index is 12.6. The van der Waals surface area contributed by atoms with Crippen LogP contribution in [-0.2, 0) is 0 Å². The molecule has 5 rings (SSSR count). The number of carbonyl (C=O) groups is 1. The Hall–Kier alpha value is -3.35. The van der Waals surface area contributed by atoms with Gasteiger partial charge in [-0.05, 0) is 36.8 Å². The largest absolute Gasteiger partial charge is 0.472 e. The maximum atomic E-state index is 12.6. The molecular weight excluding hydrogens is 332 g/mol. The number of furan rings is 2. The fourth-order valence-corrected chi connectivity index (χ4v) is 3.56. The standard InChI is InChI=1S/C19H16N4O3/c24-19(13-6-10-25-12-13)22-8-5-14(11-22)23-17-15(3-1-7-20-17)21-18(23)16-4-2-9-26-16/h1-4,6-7,9-10,12,14H,5,8,11H2. The van der Waals surface area contributed by atoms with Gasteiger partial charge in [0.25, 0.3) is 5.91 Å². The summed E-state index contributed by atoms with van der Waals surface area (Å²) in [6.07, 6.45) is 7.23. The van der Waals surface area contributed by atoms with Crippen molar-refractivity contribution in [3.63, 3.8) is 0 Å². The first kappa shape index (κ1) is 14.9. The number of fused-ring (bicyclic) bond motifs is 1. The molecule has 0 N–H and O–H groups in total. The fraction of sp³-hybridized carbons (Fsp3) is 0.211. The van der Waals surface area contributed by atoms with Gasteiger partial charge in [-0.1, -0.05) is 0 Å². The van der Waals surface area contributed by atoms with Gasteiger partial charge in [-0.25, -0.2) is 9.97 Å². The van der Waals surface area contributed by atoms with Crippen molar-refractivity contribution >= 4 is 17.1 Å². The van der Waals surface area contributed by atoms with E-state index in [0.717, 1.165) is 23.4 Å². The van der Waals surface area contributed by atoms with E-state index in [2.05, 4.69) is 9.55 Å². The summed E-state index contributed by atoms with van der Waals surface area (Å²) in [6.45, 7) is 1.28. The van der Waals surface area contributed by atoms with E-state index in [-0.39, 0.29) is 11.9 Å². The van der Waals surface area contributed by atoms with Gasteiger partial charge < -0.3 is 18.3 Å². The number of likely N-dealkylation sites (tertiary alicyclic amines) is 1. The highest BCUT2D eigenvalue weighted by molar-refractivity contribution is 5.94. The average Bonchev–Trinajstić information content (AvgIpc) is 3.47.